The van der Waals surface area contributed by atoms with E-state index in [0.717, 1.165) is 11.3 Å². The highest BCUT2D eigenvalue weighted by atomic mass is 32.1. The van der Waals surface area contributed by atoms with Crippen LogP contribution in [0.15, 0.2) is 29.4 Å². The molecule has 3 N–H and O–H groups in total. The lowest BCUT2D eigenvalue weighted by Gasteiger charge is -1.98. The van der Waals surface area contributed by atoms with Gasteiger partial charge >= 0.3 is 0 Å². The van der Waals surface area contributed by atoms with Crippen LogP contribution in [-0.2, 0) is 6.42 Å². The molecule has 0 atom stereocenters. The number of amides is 1. The van der Waals surface area contributed by atoms with Gasteiger partial charge in [0.25, 0.3) is 5.91 Å². The zero-order chi connectivity index (χ0) is 14.5. The van der Waals surface area contributed by atoms with Gasteiger partial charge in [-0.3, -0.25) is 4.79 Å². The normalized spacial score (nSPS) is 10.9. The molecule has 0 spiro atoms. The van der Waals surface area contributed by atoms with Crippen LogP contribution in [0.25, 0.3) is 0 Å². The van der Waals surface area contributed by atoms with Crippen molar-refractivity contribution in [2.24, 2.45) is 5.10 Å². The highest BCUT2D eigenvalue weighted by Crippen LogP contribution is 2.20. The minimum Gasteiger partial charge on any atom is -0.375 e. The molecular formula is C13H13FN4OS. The number of rotatable bonds is 4. The van der Waals surface area contributed by atoms with Crippen molar-refractivity contribution in [2.45, 2.75) is 13.3 Å². The number of nitrogen functional groups attached to an aromatic ring is 1. The zero-order valence-electron chi connectivity index (χ0n) is 10.8. The van der Waals surface area contributed by atoms with Crippen LogP contribution in [0.2, 0.25) is 0 Å². The summed E-state index contributed by atoms with van der Waals surface area (Å²) in [6.45, 7) is 1.90. The Hall–Kier alpha value is -2.28. The lowest BCUT2D eigenvalue weighted by molar-refractivity contribution is 0.0958. The third-order valence-electron chi connectivity index (χ3n) is 2.50. The third-order valence-corrected chi connectivity index (χ3v) is 3.43. The highest BCUT2D eigenvalue weighted by Gasteiger charge is 2.15. The molecule has 1 aromatic carbocycles. The molecule has 7 heteroatoms. The van der Waals surface area contributed by atoms with Crippen molar-refractivity contribution >= 4 is 28.6 Å². The summed E-state index contributed by atoms with van der Waals surface area (Å²) >= 11 is 1.13. The molecule has 1 heterocycles. The summed E-state index contributed by atoms with van der Waals surface area (Å²) in [7, 11) is 0. The second-order valence-electron chi connectivity index (χ2n) is 3.93. The first-order valence-electron chi connectivity index (χ1n) is 5.94. The number of hydrogen-bond donors (Lipinski definition) is 2. The van der Waals surface area contributed by atoms with Crippen molar-refractivity contribution in [3.05, 3.63) is 46.2 Å². The molecule has 0 unspecified atom stereocenters. The molecule has 0 radical (unpaired) electrons. The molecule has 0 aliphatic carbocycles. The van der Waals surface area contributed by atoms with Crippen molar-refractivity contribution in [2.75, 3.05) is 5.73 Å². The average Bonchev–Trinajstić information content (AvgIpc) is 2.82. The summed E-state index contributed by atoms with van der Waals surface area (Å²) < 4.78 is 12.7. The van der Waals surface area contributed by atoms with E-state index in [1.807, 2.05) is 6.92 Å². The van der Waals surface area contributed by atoms with Crippen LogP contribution in [0, 0.1) is 5.82 Å². The van der Waals surface area contributed by atoms with Crippen molar-refractivity contribution < 1.29 is 9.18 Å². The number of carbonyl (C=O) groups excluding carboxylic acids is 1. The molecule has 0 aliphatic heterocycles. The zero-order valence-corrected chi connectivity index (χ0v) is 11.6. The van der Waals surface area contributed by atoms with Gasteiger partial charge in [0.15, 0.2) is 5.13 Å². The Morgan fingerprint density at radius 3 is 2.85 bits per heavy atom. The number of thiazole rings is 1. The lowest BCUT2D eigenvalue weighted by atomic mass is 10.2. The van der Waals surface area contributed by atoms with E-state index in [-0.39, 0.29) is 11.7 Å². The fourth-order valence-corrected chi connectivity index (χ4v) is 2.36. The van der Waals surface area contributed by atoms with Gasteiger partial charge in [-0.25, -0.2) is 14.8 Å². The van der Waals surface area contributed by atoms with E-state index in [0.29, 0.717) is 27.7 Å². The molecule has 104 valence electrons. The first kappa shape index (κ1) is 14.1. The molecule has 0 saturated heterocycles. The number of hydrazone groups is 1. The summed E-state index contributed by atoms with van der Waals surface area (Å²) in [6.07, 6.45) is 2.06. The molecule has 0 saturated carbocycles. The summed E-state index contributed by atoms with van der Waals surface area (Å²) in [5.41, 5.74) is 9.32. The van der Waals surface area contributed by atoms with Crippen LogP contribution < -0.4 is 11.2 Å². The van der Waals surface area contributed by atoms with Gasteiger partial charge in [-0.2, -0.15) is 5.10 Å². The van der Waals surface area contributed by atoms with E-state index in [1.54, 1.807) is 12.1 Å². The molecule has 1 amide bonds. The van der Waals surface area contributed by atoms with Crippen molar-refractivity contribution in [3.8, 4) is 0 Å². The number of benzene rings is 1. The quantitative estimate of drug-likeness (QED) is 0.669. The van der Waals surface area contributed by atoms with Crippen molar-refractivity contribution in [3.63, 3.8) is 0 Å². The van der Waals surface area contributed by atoms with E-state index in [4.69, 9.17) is 5.73 Å². The Morgan fingerprint density at radius 1 is 1.50 bits per heavy atom. The first-order chi connectivity index (χ1) is 9.60. The van der Waals surface area contributed by atoms with Gasteiger partial charge < -0.3 is 5.73 Å². The van der Waals surface area contributed by atoms with Crippen LogP contribution in [0.3, 0.4) is 0 Å². The lowest BCUT2D eigenvalue weighted by Crippen LogP contribution is -2.17. The molecule has 2 aromatic rings. The first-order valence-corrected chi connectivity index (χ1v) is 6.76. The Labute approximate surface area is 119 Å². The standard InChI is InChI=1S/C13H13FN4OS/c1-2-10-11(20-13(15)17-10)12(19)18-16-7-8-3-5-9(14)6-4-8/h3-7H,2H2,1H3,(H2,15,17)(H,18,19). The molecular weight excluding hydrogens is 279 g/mol. The van der Waals surface area contributed by atoms with E-state index in [1.165, 1.54) is 18.3 Å². The minimum absolute atomic E-state index is 0.320. The van der Waals surface area contributed by atoms with Gasteiger partial charge in [0.1, 0.15) is 10.7 Å². The Balaban J connectivity index is 2.03. The SMILES string of the molecule is CCc1nc(N)sc1C(=O)NN=Cc1ccc(F)cc1. The number of hydrogen-bond acceptors (Lipinski definition) is 5. The van der Waals surface area contributed by atoms with Crippen LogP contribution in [0.5, 0.6) is 0 Å². The Kier molecular flexibility index (Phi) is 4.41. The van der Waals surface area contributed by atoms with E-state index in [2.05, 4.69) is 15.5 Å². The fraction of sp³-hybridized carbons (Fsp3) is 0.154. The summed E-state index contributed by atoms with van der Waals surface area (Å²) in [5.74, 6) is -0.673. The largest absolute Gasteiger partial charge is 0.375 e. The van der Waals surface area contributed by atoms with E-state index >= 15 is 0 Å². The topological polar surface area (TPSA) is 80.4 Å². The number of nitrogens with zero attached hydrogens (tertiary/aromatic N) is 2. The van der Waals surface area contributed by atoms with Gasteiger partial charge in [0.2, 0.25) is 0 Å². The van der Waals surface area contributed by atoms with Gasteiger partial charge in [-0.05, 0) is 24.1 Å². The number of nitrogens with two attached hydrogens (primary N) is 1. The van der Waals surface area contributed by atoms with Crippen LogP contribution in [0.1, 0.15) is 27.9 Å². The molecule has 0 bridgehead atoms. The monoisotopic (exact) mass is 292 g/mol. The minimum atomic E-state index is -0.352. The van der Waals surface area contributed by atoms with Gasteiger partial charge in [0.05, 0.1) is 11.9 Å². The predicted molar refractivity (Wildman–Crippen MR) is 77.4 cm³/mol. The summed E-state index contributed by atoms with van der Waals surface area (Å²) in [6, 6.07) is 5.77. The van der Waals surface area contributed by atoms with E-state index in [9.17, 15) is 9.18 Å². The molecule has 0 fully saturated rings. The van der Waals surface area contributed by atoms with Crippen LogP contribution >= 0.6 is 11.3 Å². The second kappa shape index (κ2) is 6.25. The van der Waals surface area contributed by atoms with Gasteiger partial charge in [0, 0.05) is 0 Å². The number of halogens is 1. The van der Waals surface area contributed by atoms with Gasteiger partial charge in [-0.15, -0.1) is 0 Å². The van der Waals surface area contributed by atoms with Gasteiger partial charge in [-0.1, -0.05) is 30.4 Å². The number of aryl methyl sites for hydroxylation is 1. The van der Waals surface area contributed by atoms with Crippen molar-refractivity contribution in [1.82, 2.24) is 10.4 Å². The van der Waals surface area contributed by atoms with Crippen molar-refractivity contribution in [1.29, 1.82) is 0 Å². The molecule has 5 nitrogen and oxygen atoms in total. The third kappa shape index (κ3) is 3.39. The number of anilines is 1. The summed E-state index contributed by atoms with van der Waals surface area (Å²) in [4.78, 5) is 16.4. The number of nitrogens with one attached hydrogen (secondary N) is 1. The maximum Gasteiger partial charge on any atom is 0.283 e. The average molecular weight is 292 g/mol. The highest BCUT2D eigenvalue weighted by molar-refractivity contribution is 7.17. The Morgan fingerprint density at radius 2 is 2.20 bits per heavy atom. The molecule has 0 aliphatic rings. The van der Waals surface area contributed by atoms with E-state index < -0.39 is 0 Å². The molecule has 20 heavy (non-hydrogen) atoms. The molecule has 2 rings (SSSR count). The fourth-order valence-electron chi connectivity index (χ4n) is 1.55. The maximum atomic E-state index is 12.7. The van der Waals surface area contributed by atoms with Crippen LogP contribution in [0.4, 0.5) is 9.52 Å². The number of carbonyl (C=O) groups is 1. The Bertz CT molecular complexity index is 636. The smallest absolute Gasteiger partial charge is 0.283 e. The van der Waals surface area contributed by atoms with Crippen LogP contribution in [-0.4, -0.2) is 17.1 Å². The second-order valence-corrected chi connectivity index (χ2v) is 4.96. The maximum absolute atomic E-state index is 12.7. The summed E-state index contributed by atoms with van der Waals surface area (Å²) in [5, 5.41) is 4.18. The predicted octanol–water partition coefficient (Wildman–Crippen LogP) is 2.19. The molecule has 1 aromatic heterocycles. The number of aromatic nitrogens is 1.